The van der Waals surface area contributed by atoms with Crippen molar-refractivity contribution >= 4 is 52.5 Å². The van der Waals surface area contributed by atoms with Gasteiger partial charge >= 0.3 is 5.97 Å². The van der Waals surface area contributed by atoms with Crippen LogP contribution in [0.25, 0.3) is 0 Å². The van der Waals surface area contributed by atoms with Crippen molar-refractivity contribution in [3.05, 3.63) is 36.0 Å². The van der Waals surface area contributed by atoms with E-state index in [9.17, 15) is 4.79 Å². The van der Waals surface area contributed by atoms with Crippen molar-refractivity contribution in [3.8, 4) is 0 Å². The third-order valence-corrected chi connectivity index (χ3v) is 4.86. The summed E-state index contributed by atoms with van der Waals surface area (Å²) in [6, 6.07) is 5.81. The first-order valence-corrected chi connectivity index (χ1v) is 10.1. The Labute approximate surface area is 184 Å². The summed E-state index contributed by atoms with van der Waals surface area (Å²) in [4.78, 5) is 33.1. The second-order valence-electron chi connectivity index (χ2n) is 7.05. The molecule has 3 rings (SSSR count). The molecule has 0 saturated carbocycles. The van der Waals surface area contributed by atoms with Gasteiger partial charge in [-0.3, -0.25) is 4.79 Å². The first-order valence-electron chi connectivity index (χ1n) is 9.00. The summed E-state index contributed by atoms with van der Waals surface area (Å²) in [6.07, 6.45) is 1.77. The molecule has 0 amide bonds. The van der Waals surface area contributed by atoms with Gasteiger partial charge in [-0.2, -0.15) is 9.97 Å². The number of pyridine rings is 1. The Hall–Kier alpha value is -1.90. The Morgan fingerprint density at radius 3 is 2.17 bits per heavy atom. The van der Waals surface area contributed by atoms with Crippen molar-refractivity contribution < 1.29 is 9.53 Å². The molecule has 0 unspecified atom stereocenters. The van der Waals surface area contributed by atoms with Crippen LogP contribution in [0.4, 0.5) is 11.8 Å². The molecule has 29 heavy (non-hydrogen) atoms. The topological polar surface area (TPSA) is 84.3 Å². The summed E-state index contributed by atoms with van der Waals surface area (Å²) in [6.45, 7) is 7.42. The Bertz CT molecular complexity index is 868. The highest BCUT2D eigenvalue weighted by atomic mass is 35.6. The number of anilines is 2. The number of rotatable bonds is 4. The summed E-state index contributed by atoms with van der Waals surface area (Å²) in [7, 11) is 0. The van der Waals surface area contributed by atoms with Gasteiger partial charge in [0.05, 0.1) is 0 Å². The lowest BCUT2D eigenvalue weighted by atomic mass is 10.1. The fourth-order valence-electron chi connectivity index (χ4n) is 2.98. The zero-order valence-corrected chi connectivity index (χ0v) is 18.5. The molecule has 11 heteroatoms. The van der Waals surface area contributed by atoms with Crippen LogP contribution in [0.3, 0.4) is 0 Å². The van der Waals surface area contributed by atoms with Crippen LogP contribution in [0.15, 0.2) is 24.4 Å². The number of halogens is 3. The van der Waals surface area contributed by atoms with Crippen molar-refractivity contribution in [2.24, 2.45) is 0 Å². The highest BCUT2D eigenvalue weighted by Gasteiger charge is 2.35. The summed E-state index contributed by atoms with van der Waals surface area (Å²) in [5, 5.41) is 0. The molecule has 0 radical (unpaired) electrons. The van der Waals surface area contributed by atoms with Crippen LogP contribution in [-0.2, 0) is 18.9 Å². The monoisotopic (exact) mass is 458 g/mol. The molecule has 1 fully saturated rings. The number of esters is 1. The molecule has 2 aromatic rings. The number of hydrogen-bond acceptors (Lipinski definition) is 8. The molecule has 2 aromatic heterocycles. The van der Waals surface area contributed by atoms with Crippen molar-refractivity contribution in [2.45, 2.75) is 30.2 Å². The highest BCUT2D eigenvalue weighted by Crippen LogP contribution is 2.37. The lowest BCUT2D eigenvalue weighted by Gasteiger charge is -2.36. The van der Waals surface area contributed by atoms with Crippen LogP contribution in [-0.4, -0.2) is 52.1 Å². The molecule has 1 aliphatic heterocycles. The standard InChI is InChI=1S/C18H21Cl3N6O2/c1-12(28)29-17(2,3)14-23-15(18(19,20)21)25-16(24-14)27-10-8-26(9-11-27)13-6-4-5-7-22-13/h4-7H,8-11H2,1-3H3. The van der Waals surface area contributed by atoms with Gasteiger partial charge in [0, 0.05) is 39.3 Å². The summed E-state index contributed by atoms with van der Waals surface area (Å²) >= 11 is 18.1. The predicted molar refractivity (Wildman–Crippen MR) is 113 cm³/mol. The van der Waals surface area contributed by atoms with Crippen molar-refractivity contribution in [3.63, 3.8) is 0 Å². The number of carbonyl (C=O) groups is 1. The normalized spacial score (nSPS) is 15.4. The van der Waals surface area contributed by atoms with Gasteiger partial charge in [-0.05, 0) is 26.0 Å². The van der Waals surface area contributed by atoms with Gasteiger partial charge in [-0.15, -0.1) is 0 Å². The number of carbonyl (C=O) groups excluding carboxylic acids is 1. The molecule has 1 aliphatic rings. The smallest absolute Gasteiger partial charge is 0.303 e. The zero-order valence-electron chi connectivity index (χ0n) is 16.3. The van der Waals surface area contributed by atoms with Crippen molar-refractivity contribution in [1.29, 1.82) is 0 Å². The van der Waals surface area contributed by atoms with E-state index in [4.69, 9.17) is 39.5 Å². The van der Waals surface area contributed by atoms with Crippen LogP contribution in [0.5, 0.6) is 0 Å². The highest BCUT2D eigenvalue weighted by molar-refractivity contribution is 6.66. The van der Waals surface area contributed by atoms with E-state index < -0.39 is 15.4 Å². The maximum atomic E-state index is 11.5. The number of alkyl halides is 3. The number of ether oxygens (including phenoxy) is 1. The van der Waals surface area contributed by atoms with Gasteiger partial charge in [0.15, 0.2) is 17.2 Å². The largest absolute Gasteiger partial charge is 0.452 e. The minimum Gasteiger partial charge on any atom is -0.452 e. The number of aromatic nitrogens is 4. The van der Waals surface area contributed by atoms with Crippen molar-refractivity contribution in [1.82, 2.24) is 19.9 Å². The van der Waals surface area contributed by atoms with E-state index in [2.05, 4.69) is 24.8 Å². The average molecular weight is 460 g/mol. The second kappa shape index (κ2) is 8.45. The van der Waals surface area contributed by atoms with Gasteiger partial charge in [0.25, 0.3) is 0 Å². The lowest BCUT2D eigenvalue weighted by Crippen LogP contribution is -2.47. The number of piperazine rings is 1. The maximum Gasteiger partial charge on any atom is 0.303 e. The quantitative estimate of drug-likeness (QED) is 0.509. The fourth-order valence-corrected chi connectivity index (χ4v) is 3.24. The van der Waals surface area contributed by atoms with Gasteiger partial charge in [-0.25, -0.2) is 9.97 Å². The Morgan fingerprint density at radius 1 is 1.00 bits per heavy atom. The minimum atomic E-state index is -1.84. The molecular weight excluding hydrogens is 439 g/mol. The molecule has 0 aliphatic carbocycles. The number of nitrogens with zero attached hydrogens (tertiary/aromatic N) is 6. The van der Waals surface area contributed by atoms with Crippen LogP contribution in [0.1, 0.15) is 32.4 Å². The van der Waals surface area contributed by atoms with E-state index in [0.29, 0.717) is 19.0 Å². The Kier molecular flexibility index (Phi) is 6.36. The van der Waals surface area contributed by atoms with E-state index in [1.165, 1.54) is 6.92 Å². The molecule has 0 bridgehead atoms. The fraction of sp³-hybridized carbons (Fsp3) is 0.500. The van der Waals surface area contributed by atoms with E-state index in [1.54, 1.807) is 20.0 Å². The van der Waals surface area contributed by atoms with Crippen LogP contribution in [0.2, 0.25) is 0 Å². The molecule has 156 valence electrons. The van der Waals surface area contributed by atoms with E-state index in [-0.39, 0.29) is 11.6 Å². The van der Waals surface area contributed by atoms with Gasteiger partial charge in [0.2, 0.25) is 9.74 Å². The summed E-state index contributed by atoms with van der Waals surface area (Å²) in [5.74, 6) is 1.02. The van der Waals surface area contributed by atoms with Gasteiger partial charge in [-0.1, -0.05) is 40.9 Å². The Balaban J connectivity index is 1.87. The molecule has 8 nitrogen and oxygen atoms in total. The van der Waals surface area contributed by atoms with E-state index in [0.717, 1.165) is 18.9 Å². The maximum absolute atomic E-state index is 11.5. The predicted octanol–water partition coefficient (Wildman–Crippen LogP) is 3.22. The van der Waals surface area contributed by atoms with Gasteiger partial charge < -0.3 is 14.5 Å². The minimum absolute atomic E-state index is 0.0186. The molecule has 1 saturated heterocycles. The zero-order chi connectivity index (χ0) is 21.2. The second-order valence-corrected chi connectivity index (χ2v) is 9.33. The number of hydrogen-bond donors (Lipinski definition) is 0. The molecular formula is C18H21Cl3N6O2. The Morgan fingerprint density at radius 2 is 1.62 bits per heavy atom. The summed E-state index contributed by atoms with van der Waals surface area (Å²) in [5.41, 5.74) is -1.11. The molecule has 0 N–H and O–H groups in total. The molecule has 0 aromatic carbocycles. The van der Waals surface area contributed by atoms with Crippen LogP contribution in [0, 0.1) is 0 Å². The average Bonchev–Trinajstić information content (AvgIpc) is 2.67. The van der Waals surface area contributed by atoms with E-state index in [1.807, 2.05) is 23.1 Å². The third kappa shape index (κ3) is 5.38. The van der Waals surface area contributed by atoms with Gasteiger partial charge in [0.1, 0.15) is 5.82 Å². The summed E-state index contributed by atoms with van der Waals surface area (Å²) < 4.78 is 3.51. The first kappa shape index (κ1) is 21.8. The molecule has 0 atom stereocenters. The van der Waals surface area contributed by atoms with Crippen LogP contribution >= 0.6 is 34.8 Å². The SMILES string of the molecule is CC(=O)OC(C)(C)c1nc(N2CCN(c3ccccn3)CC2)nc(C(Cl)(Cl)Cl)n1. The third-order valence-electron chi connectivity index (χ3n) is 4.35. The van der Waals surface area contributed by atoms with E-state index >= 15 is 0 Å². The van der Waals surface area contributed by atoms with Crippen molar-refractivity contribution in [2.75, 3.05) is 36.0 Å². The molecule has 0 spiro atoms. The molecule has 3 heterocycles. The lowest BCUT2D eigenvalue weighted by molar-refractivity contribution is -0.155. The first-order chi connectivity index (χ1) is 13.6. The van der Waals surface area contributed by atoms with Crippen LogP contribution < -0.4 is 9.80 Å².